The second-order valence-electron chi connectivity index (χ2n) is 9.03. The van der Waals surface area contributed by atoms with Crippen LogP contribution >= 0.6 is 0 Å². The number of hydrogen-bond donors (Lipinski definition) is 5. The number of nitrogens with zero attached hydrogens (tertiary/aromatic N) is 3. The number of alkyl carbamates (subject to hydrolysis) is 1. The van der Waals surface area contributed by atoms with E-state index in [-0.39, 0.29) is 12.5 Å². The summed E-state index contributed by atoms with van der Waals surface area (Å²) in [4.78, 5) is 27.2. The molecule has 1 heterocycles. The first-order chi connectivity index (χ1) is 18.3. The van der Waals surface area contributed by atoms with Crippen molar-refractivity contribution in [2.45, 2.75) is 55.6 Å². The molecular weight excluding hydrogens is 500 g/mol. The Morgan fingerprint density at radius 1 is 1.11 bits per heavy atom. The summed E-state index contributed by atoms with van der Waals surface area (Å²) in [7, 11) is 0. The number of aliphatic carboxylic acids is 1. The van der Waals surface area contributed by atoms with E-state index in [9.17, 15) is 30.0 Å². The van der Waals surface area contributed by atoms with Crippen molar-refractivity contribution in [3.05, 3.63) is 70.1 Å². The third kappa shape index (κ3) is 5.43. The summed E-state index contributed by atoms with van der Waals surface area (Å²) in [6, 6.07) is 12.5. The number of carboxylic acids is 1. The first kappa shape index (κ1) is 27.3. The fourth-order valence-corrected chi connectivity index (χ4v) is 4.80. The van der Waals surface area contributed by atoms with Crippen molar-refractivity contribution in [1.29, 1.82) is 0 Å². The Labute approximate surface area is 217 Å². The number of azide groups is 1. The maximum absolute atomic E-state index is 12.6. The van der Waals surface area contributed by atoms with Crippen molar-refractivity contribution in [2.24, 2.45) is 5.11 Å². The molecule has 4 rings (SSSR count). The van der Waals surface area contributed by atoms with Crippen molar-refractivity contribution in [3.63, 3.8) is 0 Å². The Morgan fingerprint density at radius 2 is 1.71 bits per heavy atom. The highest BCUT2D eigenvalue weighted by Crippen LogP contribution is 2.44. The molecule has 7 atom stereocenters. The average molecular weight is 529 g/mol. The fraction of sp³-hybridized carbons (Fsp3) is 0.440. The van der Waals surface area contributed by atoms with Gasteiger partial charge in [0.2, 0.25) is 0 Å². The standard InChI is InChI=1S/C25H28N4O9/c1-12(37-24-20(28-29-26)22(32)21(31)18(10-30)38-24)19(23(33)34)27-25(35)36-11-17-15-8-4-2-6-13(15)14-7-3-5-9-16(14)17/h2-9,12,17-22,24,30-32H,10-11H2,1H3,(H,27,35)(H,33,34)/t12-,18-,19+,20-,21+,22-,24+/m1/s1. The molecule has 5 N–H and O–H groups in total. The van der Waals surface area contributed by atoms with Crippen LogP contribution in [0.2, 0.25) is 0 Å². The van der Waals surface area contributed by atoms with Crippen molar-refractivity contribution < 1.29 is 44.2 Å². The van der Waals surface area contributed by atoms with E-state index in [2.05, 4.69) is 15.3 Å². The topological polar surface area (TPSA) is 204 Å². The van der Waals surface area contributed by atoms with Crippen LogP contribution < -0.4 is 5.32 Å². The van der Waals surface area contributed by atoms with Gasteiger partial charge in [0.25, 0.3) is 0 Å². The lowest BCUT2D eigenvalue weighted by Crippen LogP contribution is -2.60. The second-order valence-corrected chi connectivity index (χ2v) is 9.03. The maximum Gasteiger partial charge on any atom is 0.407 e. The third-order valence-electron chi connectivity index (χ3n) is 6.73. The Kier molecular flexibility index (Phi) is 8.47. The molecule has 1 fully saturated rings. The number of hydrogen-bond acceptors (Lipinski definition) is 9. The Hall–Kier alpha value is -3.71. The molecule has 13 heteroatoms. The highest BCUT2D eigenvalue weighted by atomic mass is 16.7. The van der Waals surface area contributed by atoms with E-state index in [1.54, 1.807) is 0 Å². The van der Waals surface area contributed by atoms with E-state index in [1.165, 1.54) is 6.92 Å². The number of aliphatic hydroxyl groups is 3. The molecule has 0 bridgehead atoms. The van der Waals surface area contributed by atoms with Gasteiger partial charge in [0.05, 0.1) is 18.8 Å². The van der Waals surface area contributed by atoms with E-state index in [1.807, 2.05) is 48.5 Å². The van der Waals surface area contributed by atoms with Gasteiger partial charge in [-0.2, -0.15) is 0 Å². The number of amides is 1. The summed E-state index contributed by atoms with van der Waals surface area (Å²) in [5.41, 5.74) is 12.9. The number of rotatable bonds is 9. The molecule has 1 saturated heterocycles. The minimum Gasteiger partial charge on any atom is -0.480 e. The van der Waals surface area contributed by atoms with Gasteiger partial charge in [0, 0.05) is 10.8 Å². The van der Waals surface area contributed by atoms with Crippen LogP contribution in [0, 0.1) is 0 Å². The Bertz CT molecular complexity index is 1180. The lowest BCUT2D eigenvalue weighted by Gasteiger charge is -2.41. The number of carbonyl (C=O) groups is 2. The zero-order valence-corrected chi connectivity index (χ0v) is 20.3. The van der Waals surface area contributed by atoms with Crippen LogP contribution in [0.3, 0.4) is 0 Å². The molecule has 2 aliphatic rings. The SMILES string of the molecule is C[C@@H](O[C@H]1O[C@H](CO)[C@H](O)[C@H](O)[C@H]1N=[N+]=[N-])[C@H](NC(=O)OCC1c2ccccc2-c2ccccc21)C(=O)O. The van der Waals surface area contributed by atoms with Crippen LogP contribution in [0.15, 0.2) is 53.6 Å². The van der Waals surface area contributed by atoms with Crippen molar-refractivity contribution >= 4 is 12.1 Å². The van der Waals surface area contributed by atoms with E-state index in [4.69, 9.17) is 19.7 Å². The molecule has 1 aliphatic carbocycles. The highest BCUT2D eigenvalue weighted by molar-refractivity contribution is 5.81. The lowest BCUT2D eigenvalue weighted by molar-refractivity contribution is -0.277. The minimum absolute atomic E-state index is 0.0333. The monoisotopic (exact) mass is 528 g/mol. The van der Waals surface area contributed by atoms with Crippen molar-refractivity contribution in [1.82, 2.24) is 5.32 Å². The summed E-state index contributed by atoms with van der Waals surface area (Å²) in [6.45, 7) is 0.606. The van der Waals surface area contributed by atoms with Crippen LogP contribution in [0.25, 0.3) is 21.6 Å². The molecule has 13 nitrogen and oxygen atoms in total. The number of fused-ring (bicyclic) bond motifs is 3. The van der Waals surface area contributed by atoms with E-state index < -0.39 is 61.5 Å². The van der Waals surface area contributed by atoms with Gasteiger partial charge in [-0.25, -0.2) is 9.59 Å². The van der Waals surface area contributed by atoms with Crippen LogP contribution in [-0.2, 0) is 19.0 Å². The Balaban J connectivity index is 1.42. The quantitative estimate of drug-likeness (QED) is 0.181. The van der Waals surface area contributed by atoms with E-state index in [0.717, 1.165) is 22.3 Å². The molecule has 202 valence electrons. The summed E-state index contributed by atoms with van der Waals surface area (Å²) < 4.78 is 16.4. The molecular formula is C25H28N4O9. The molecule has 1 aliphatic heterocycles. The zero-order valence-electron chi connectivity index (χ0n) is 20.3. The van der Waals surface area contributed by atoms with Gasteiger partial charge >= 0.3 is 12.1 Å². The van der Waals surface area contributed by atoms with Gasteiger partial charge in [-0.05, 0) is 34.7 Å². The minimum atomic E-state index is -1.65. The number of benzene rings is 2. The highest BCUT2D eigenvalue weighted by Gasteiger charge is 2.46. The van der Waals surface area contributed by atoms with Gasteiger partial charge < -0.3 is 40.0 Å². The van der Waals surface area contributed by atoms with Crippen LogP contribution in [0.4, 0.5) is 4.79 Å². The average Bonchev–Trinajstić information content (AvgIpc) is 3.23. The summed E-state index contributed by atoms with van der Waals surface area (Å²) in [6.07, 6.45) is -8.26. The van der Waals surface area contributed by atoms with Gasteiger partial charge in [0.15, 0.2) is 12.3 Å². The van der Waals surface area contributed by atoms with Gasteiger partial charge in [-0.3, -0.25) is 0 Å². The maximum atomic E-state index is 12.6. The van der Waals surface area contributed by atoms with Gasteiger partial charge in [-0.1, -0.05) is 53.6 Å². The molecule has 0 saturated carbocycles. The first-order valence-electron chi connectivity index (χ1n) is 11.9. The van der Waals surface area contributed by atoms with E-state index >= 15 is 0 Å². The third-order valence-corrected chi connectivity index (χ3v) is 6.73. The smallest absolute Gasteiger partial charge is 0.407 e. The molecule has 1 amide bonds. The number of aliphatic hydroxyl groups excluding tert-OH is 3. The van der Waals surface area contributed by atoms with Crippen LogP contribution in [-0.4, -0.2) is 88.5 Å². The summed E-state index contributed by atoms with van der Waals surface area (Å²) in [5, 5.41) is 45.1. The number of ether oxygens (including phenoxy) is 3. The lowest BCUT2D eigenvalue weighted by atomic mass is 9.97. The molecule has 38 heavy (non-hydrogen) atoms. The molecule has 0 spiro atoms. The largest absolute Gasteiger partial charge is 0.480 e. The normalized spacial score (nSPS) is 25.8. The molecule has 0 unspecified atom stereocenters. The first-order valence-corrected chi connectivity index (χ1v) is 11.9. The molecule has 2 aromatic carbocycles. The van der Waals surface area contributed by atoms with Crippen molar-refractivity contribution in [3.8, 4) is 11.1 Å². The summed E-state index contributed by atoms with van der Waals surface area (Å²) in [5.74, 6) is -1.67. The Morgan fingerprint density at radius 3 is 2.26 bits per heavy atom. The van der Waals surface area contributed by atoms with Gasteiger partial charge in [0.1, 0.15) is 24.9 Å². The van der Waals surface area contributed by atoms with Crippen LogP contribution in [0.5, 0.6) is 0 Å². The van der Waals surface area contributed by atoms with Crippen molar-refractivity contribution in [2.75, 3.05) is 13.2 Å². The number of carbonyl (C=O) groups excluding carboxylic acids is 1. The van der Waals surface area contributed by atoms with Gasteiger partial charge in [-0.15, -0.1) is 0 Å². The molecule has 0 aromatic heterocycles. The van der Waals surface area contributed by atoms with E-state index in [0.29, 0.717) is 0 Å². The number of nitrogens with one attached hydrogen (secondary N) is 1. The second kappa shape index (κ2) is 11.8. The fourth-order valence-electron chi connectivity index (χ4n) is 4.80. The molecule has 0 radical (unpaired) electrons. The summed E-state index contributed by atoms with van der Waals surface area (Å²) >= 11 is 0. The predicted molar refractivity (Wildman–Crippen MR) is 131 cm³/mol. The number of carboxylic acid groups (broad SMARTS) is 1. The zero-order chi connectivity index (χ0) is 27.4. The molecule has 2 aromatic rings. The predicted octanol–water partition coefficient (Wildman–Crippen LogP) is 1.50. The van der Waals surface area contributed by atoms with Crippen LogP contribution in [0.1, 0.15) is 24.0 Å².